The quantitative estimate of drug-likeness (QED) is 0.699. The standard InChI is InChI=1S/C22H25N5O2/c1-26(2)17-12-10-16(11-13-17)24-22(29)20-25-19(18-9-5-6-14-27(18)20)21(28)23-15-7-3-4-8-15/h5-6,9-15H,3-4,7-8H2,1-2H3,(H,23,28)(H,24,29). The van der Waals surface area contributed by atoms with Crippen molar-refractivity contribution in [3.8, 4) is 0 Å². The fraction of sp³-hybridized carbons (Fsp3) is 0.318. The zero-order valence-electron chi connectivity index (χ0n) is 16.7. The van der Waals surface area contributed by atoms with Gasteiger partial charge >= 0.3 is 0 Å². The summed E-state index contributed by atoms with van der Waals surface area (Å²) in [5.74, 6) is -0.396. The van der Waals surface area contributed by atoms with Crippen molar-refractivity contribution in [2.24, 2.45) is 0 Å². The Morgan fingerprint density at radius 1 is 1.03 bits per heavy atom. The minimum absolute atomic E-state index is 0.189. The van der Waals surface area contributed by atoms with Crippen molar-refractivity contribution in [2.75, 3.05) is 24.3 Å². The lowest BCUT2D eigenvalue weighted by Crippen LogP contribution is -2.33. The number of nitrogens with zero attached hydrogens (tertiary/aromatic N) is 3. The summed E-state index contributed by atoms with van der Waals surface area (Å²) in [5, 5.41) is 5.92. The number of hydrogen-bond donors (Lipinski definition) is 2. The summed E-state index contributed by atoms with van der Waals surface area (Å²) in [6.45, 7) is 0. The number of rotatable bonds is 5. The van der Waals surface area contributed by atoms with Gasteiger partial charge in [0, 0.05) is 37.7 Å². The first kappa shape index (κ1) is 19.0. The van der Waals surface area contributed by atoms with Gasteiger partial charge in [-0.15, -0.1) is 0 Å². The van der Waals surface area contributed by atoms with Crippen molar-refractivity contribution in [3.05, 3.63) is 60.2 Å². The molecule has 1 aliphatic rings. The van der Waals surface area contributed by atoms with Gasteiger partial charge in [-0.3, -0.25) is 14.0 Å². The third-order valence-corrected chi connectivity index (χ3v) is 5.30. The van der Waals surface area contributed by atoms with Crippen molar-refractivity contribution in [1.82, 2.24) is 14.7 Å². The molecule has 0 saturated heterocycles. The number of anilines is 2. The molecule has 0 spiro atoms. The Balaban J connectivity index is 1.59. The number of carbonyl (C=O) groups excluding carboxylic acids is 2. The zero-order chi connectivity index (χ0) is 20.4. The van der Waals surface area contributed by atoms with Crippen LogP contribution >= 0.6 is 0 Å². The van der Waals surface area contributed by atoms with Crippen molar-refractivity contribution in [1.29, 1.82) is 0 Å². The third kappa shape index (κ3) is 3.94. The van der Waals surface area contributed by atoms with Gasteiger partial charge in [0.15, 0.2) is 5.69 Å². The molecule has 3 aromatic rings. The summed E-state index contributed by atoms with van der Waals surface area (Å²) in [7, 11) is 3.92. The second kappa shape index (κ2) is 7.95. The number of pyridine rings is 1. The molecule has 2 amide bonds. The molecule has 2 aromatic heterocycles. The van der Waals surface area contributed by atoms with E-state index in [2.05, 4.69) is 15.6 Å². The molecule has 150 valence electrons. The summed E-state index contributed by atoms with van der Waals surface area (Å²) in [5.41, 5.74) is 2.62. The highest BCUT2D eigenvalue weighted by Crippen LogP contribution is 2.20. The first-order valence-corrected chi connectivity index (χ1v) is 9.89. The number of amides is 2. The largest absolute Gasteiger partial charge is 0.378 e. The first-order chi connectivity index (χ1) is 14.0. The van der Waals surface area contributed by atoms with Crippen molar-refractivity contribution < 1.29 is 9.59 Å². The molecule has 0 aliphatic heterocycles. The van der Waals surface area contributed by atoms with Crippen LogP contribution < -0.4 is 15.5 Å². The molecule has 29 heavy (non-hydrogen) atoms. The molecule has 2 heterocycles. The monoisotopic (exact) mass is 391 g/mol. The summed E-state index contributed by atoms with van der Waals surface area (Å²) >= 11 is 0. The summed E-state index contributed by atoms with van der Waals surface area (Å²) in [4.78, 5) is 32.1. The van der Waals surface area contributed by atoms with E-state index in [4.69, 9.17) is 0 Å². The van der Waals surface area contributed by atoms with Gasteiger partial charge in [-0.2, -0.15) is 0 Å². The van der Waals surface area contributed by atoms with E-state index < -0.39 is 0 Å². The van der Waals surface area contributed by atoms with Crippen LogP contribution in [0.5, 0.6) is 0 Å². The van der Waals surface area contributed by atoms with E-state index in [1.807, 2.05) is 55.4 Å². The van der Waals surface area contributed by atoms with Gasteiger partial charge in [0.05, 0.1) is 5.52 Å². The Hall–Kier alpha value is -3.35. The van der Waals surface area contributed by atoms with E-state index in [0.29, 0.717) is 11.2 Å². The summed E-state index contributed by atoms with van der Waals surface area (Å²) < 4.78 is 1.66. The van der Waals surface area contributed by atoms with E-state index in [1.54, 1.807) is 16.7 Å². The van der Waals surface area contributed by atoms with Crippen LogP contribution in [-0.4, -0.2) is 41.3 Å². The van der Waals surface area contributed by atoms with Crippen molar-refractivity contribution >= 4 is 28.7 Å². The molecule has 4 rings (SSSR count). The lowest BCUT2D eigenvalue weighted by Gasteiger charge is -2.12. The maximum Gasteiger partial charge on any atom is 0.292 e. The van der Waals surface area contributed by atoms with Crippen LogP contribution in [-0.2, 0) is 0 Å². The third-order valence-electron chi connectivity index (χ3n) is 5.30. The number of aromatic nitrogens is 2. The fourth-order valence-corrected chi connectivity index (χ4v) is 3.72. The van der Waals surface area contributed by atoms with Gasteiger partial charge in [0.2, 0.25) is 5.82 Å². The molecule has 0 bridgehead atoms. The molecule has 0 radical (unpaired) electrons. The van der Waals surface area contributed by atoms with Crippen LogP contribution in [0.4, 0.5) is 11.4 Å². The van der Waals surface area contributed by atoms with Gasteiger partial charge < -0.3 is 15.5 Å². The maximum absolute atomic E-state index is 12.9. The van der Waals surface area contributed by atoms with Crippen LogP contribution in [0.3, 0.4) is 0 Å². The molecule has 0 unspecified atom stereocenters. The molecule has 0 atom stereocenters. The fourth-order valence-electron chi connectivity index (χ4n) is 3.72. The normalized spacial score (nSPS) is 14.1. The number of hydrogen-bond acceptors (Lipinski definition) is 4. The second-order valence-corrected chi connectivity index (χ2v) is 7.59. The molecule has 2 N–H and O–H groups in total. The Bertz CT molecular complexity index is 1030. The van der Waals surface area contributed by atoms with E-state index in [0.717, 1.165) is 31.4 Å². The van der Waals surface area contributed by atoms with E-state index >= 15 is 0 Å². The average molecular weight is 391 g/mol. The van der Waals surface area contributed by atoms with E-state index in [9.17, 15) is 9.59 Å². The lowest BCUT2D eigenvalue weighted by molar-refractivity contribution is 0.0935. The minimum atomic E-state index is -0.358. The summed E-state index contributed by atoms with van der Waals surface area (Å²) in [6.07, 6.45) is 6.00. The predicted octanol–water partition coefficient (Wildman–Crippen LogP) is 3.33. The highest BCUT2D eigenvalue weighted by atomic mass is 16.2. The number of nitrogens with one attached hydrogen (secondary N) is 2. The highest BCUT2D eigenvalue weighted by molar-refractivity contribution is 6.06. The molecule has 1 aromatic carbocycles. The molecule has 1 fully saturated rings. The predicted molar refractivity (Wildman–Crippen MR) is 114 cm³/mol. The topological polar surface area (TPSA) is 78.7 Å². The van der Waals surface area contributed by atoms with E-state index in [-0.39, 0.29) is 29.4 Å². The Morgan fingerprint density at radius 3 is 2.45 bits per heavy atom. The van der Waals surface area contributed by atoms with Crippen molar-refractivity contribution in [3.63, 3.8) is 0 Å². The van der Waals surface area contributed by atoms with Gasteiger partial charge in [0.1, 0.15) is 0 Å². The Morgan fingerprint density at radius 2 is 1.76 bits per heavy atom. The van der Waals surface area contributed by atoms with Gasteiger partial charge in [-0.1, -0.05) is 18.9 Å². The second-order valence-electron chi connectivity index (χ2n) is 7.59. The Labute approximate surface area is 169 Å². The zero-order valence-corrected chi connectivity index (χ0v) is 16.7. The molecule has 1 saturated carbocycles. The summed E-state index contributed by atoms with van der Waals surface area (Å²) in [6, 6.07) is 13.2. The number of benzene rings is 1. The van der Waals surface area contributed by atoms with Crippen molar-refractivity contribution in [2.45, 2.75) is 31.7 Å². The molecular weight excluding hydrogens is 366 g/mol. The molecule has 1 aliphatic carbocycles. The minimum Gasteiger partial charge on any atom is -0.378 e. The van der Waals surface area contributed by atoms with Crippen LogP contribution in [0.1, 0.15) is 46.8 Å². The van der Waals surface area contributed by atoms with Crippen LogP contribution in [0.2, 0.25) is 0 Å². The molecular formula is C22H25N5O2. The number of carbonyl (C=O) groups is 2. The average Bonchev–Trinajstić information content (AvgIpc) is 3.36. The molecule has 7 heteroatoms. The van der Waals surface area contributed by atoms with Crippen LogP contribution in [0.15, 0.2) is 48.7 Å². The van der Waals surface area contributed by atoms with Gasteiger partial charge in [-0.25, -0.2) is 4.98 Å². The van der Waals surface area contributed by atoms with E-state index in [1.165, 1.54) is 0 Å². The van der Waals surface area contributed by atoms with Crippen LogP contribution in [0.25, 0.3) is 5.52 Å². The SMILES string of the molecule is CN(C)c1ccc(NC(=O)c2nc(C(=O)NC3CCCC3)c3ccccn23)cc1. The Kier molecular flexibility index (Phi) is 5.20. The van der Waals surface area contributed by atoms with Gasteiger partial charge in [-0.05, 0) is 49.2 Å². The number of fused-ring (bicyclic) bond motifs is 1. The van der Waals surface area contributed by atoms with Gasteiger partial charge in [0.25, 0.3) is 11.8 Å². The molecule has 7 nitrogen and oxygen atoms in total. The van der Waals surface area contributed by atoms with Crippen LogP contribution in [0, 0.1) is 0 Å². The lowest BCUT2D eigenvalue weighted by atomic mass is 10.2. The number of imidazole rings is 1. The highest BCUT2D eigenvalue weighted by Gasteiger charge is 2.24. The smallest absolute Gasteiger partial charge is 0.292 e. The maximum atomic E-state index is 12.9. The first-order valence-electron chi connectivity index (χ1n) is 9.89.